The Morgan fingerprint density at radius 2 is 1.76 bits per heavy atom. The van der Waals surface area contributed by atoms with Crippen LogP contribution in [0.15, 0.2) is 91.0 Å². The molecule has 0 saturated carbocycles. The summed E-state index contributed by atoms with van der Waals surface area (Å²) in [6, 6.07) is 30.0. The van der Waals surface area contributed by atoms with Gasteiger partial charge in [0.1, 0.15) is 11.5 Å². The lowest BCUT2D eigenvalue weighted by atomic mass is 9.96. The van der Waals surface area contributed by atoms with E-state index >= 15 is 0 Å². The Morgan fingerprint density at radius 1 is 1.05 bits per heavy atom. The number of aromatic nitrogens is 1. The van der Waals surface area contributed by atoms with E-state index in [9.17, 15) is 4.79 Å². The number of hydrogen-bond acceptors (Lipinski definition) is 6. The fourth-order valence-electron chi connectivity index (χ4n) is 4.72. The Balaban J connectivity index is 1.35. The summed E-state index contributed by atoms with van der Waals surface area (Å²) in [5.74, 6) is 0.500. The standard InChI is InChI=1S/C31H30N4O2/c1-22(32)30-29(18-26(20-36)34-31(30)33-25-10-6-3-7-11-25)24-12-14-27(15-13-24)35-17-16-28(19-35)37-21-23-8-4-2-5-9-23/h2-15,18,20,28,32H,16-17,19,21H2,1H3,(H,33,34). The molecule has 6 nitrogen and oxygen atoms in total. The quantitative estimate of drug-likeness (QED) is 0.207. The molecule has 0 bridgehead atoms. The zero-order chi connectivity index (χ0) is 25.6. The second-order valence-corrected chi connectivity index (χ2v) is 9.25. The average Bonchev–Trinajstić information content (AvgIpc) is 3.42. The van der Waals surface area contributed by atoms with E-state index in [2.05, 4.69) is 51.6 Å². The van der Waals surface area contributed by atoms with Crippen LogP contribution in [0.3, 0.4) is 0 Å². The predicted molar refractivity (Wildman–Crippen MR) is 149 cm³/mol. The van der Waals surface area contributed by atoms with Gasteiger partial charge < -0.3 is 20.4 Å². The number of carbonyl (C=O) groups is 1. The SMILES string of the molecule is CC(=N)c1c(-c2ccc(N3CCC(OCc4ccccc4)C3)cc2)cc(C=O)nc1Nc1ccccc1. The van der Waals surface area contributed by atoms with Crippen LogP contribution < -0.4 is 10.2 Å². The van der Waals surface area contributed by atoms with E-state index in [1.165, 1.54) is 5.56 Å². The van der Waals surface area contributed by atoms with Crippen molar-refractivity contribution in [2.45, 2.75) is 26.1 Å². The summed E-state index contributed by atoms with van der Waals surface area (Å²) in [6.45, 7) is 4.17. The molecule has 37 heavy (non-hydrogen) atoms. The molecule has 3 aromatic carbocycles. The fraction of sp³-hybridized carbons (Fsp3) is 0.194. The first-order valence-electron chi connectivity index (χ1n) is 12.5. The topological polar surface area (TPSA) is 78.3 Å². The smallest absolute Gasteiger partial charge is 0.168 e. The van der Waals surface area contributed by atoms with Crippen LogP contribution in [0.25, 0.3) is 11.1 Å². The summed E-state index contributed by atoms with van der Waals surface area (Å²) >= 11 is 0. The van der Waals surface area contributed by atoms with Gasteiger partial charge in [-0.25, -0.2) is 4.98 Å². The highest BCUT2D eigenvalue weighted by molar-refractivity contribution is 6.07. The van der Waals surface area contributed by atoms with Crippen LogP contribution in [0.1, 0.15) is 35.0 Å². The molecule has 1 atom stereocenters. The van der Waals surface area contributed by atoms with E-state index in [1.54, 1.807) is 13.0 Å². The molecule has 0 radical (unpaired) electrons. The zero-order valence-electron chi connectivity index (χ0n) is 20.9. The predicted octanol–water partition coefficient (Wildman–Crippen LogP) is 6.49. The number of ether oxygens (including phenoxy) is 1. The minimum absolute atomic E-state index is 0.203. The first-order chi connectivity index (χ1) is 18.1. The van der Waals surface area contributed by atoms with Crippen molar-refractivity contribution in [1.29, 1.82) is 5.41 Å². The van der Waals surface area contributed by atoms with Gasteiger partial charge in [0.05, 0.1) is 12.7 Å². The molecule has 1 saturated heterocycles. The molecule has 0 spiro atoms. The third-order valence-electron chi connectivity index (χ3n) is 6.59. The summed E-state index contributed by atoms with van der Waals surface area (Å²) < 4.78 is 6.15. The van der Waals surface area contributed by atoms with Crippen molar-refractivity contribution < 1.29 is 9.53 Å². The molecule has 0 aliphatic carbocycles. The van der Waals surface area contributed by atoms with Crippen molar-refractivity contribution in [2.24, 2.45) is 0 Å². The number of benzene rings is 3. The molecule has 1 aliphatic heterocycles. The second-order valence-electron chi connectivity index (χ2n) is 9.25. The lowest BCUT2D eigenvalue weighted by molar-refractivity contribution is 0.0553. The summed E-state index contributed by atoms with van der Waals surface area (Å²) in [4.78, 5) is 18.5. The van der Waals surface area contributed by atoms with Gasteiger partial charge in [0, 0.05) is 35.7 Å². The Labute approximate surface area is 217 Å². The molecule has 1 aromatic heterocycles. The van der Waals surface area contributed by atoms with Gasteiger partial charge in [0.25, 0.3) is 0 Å². The first kappa shape index (κ1) is 24.4. The minimum atomic E-state index is 0.203. The lowest BCUT2D eigenvalue weighted by Crippen LogP contribution is -2.22. The maximum atomic E-state index is 11.7. The molecule has 1 fully saturated rings. The van der Waals surface area contributed by atoms with Gasteiger partial charge in [0.15, 0.2) is 6.29 Å². The summed E-state index contributed by atoms with van der Waals surface area (Å²) in [5, 5.41) is 11.8. The Kier molecular flexibility index (Phi) is 7.38. The normalized spacial score (nSPS) is 14.9. The van der Waals surface area contributed by atoms with Crippen molar-refractivity contribution in [3.8, 4) is 11.1 Å². The molecule has 1 aliphatic rings. The van der Waals surface area contributed by atoms with Crippen LogP contribution >= 0.6 is 0 Å². The number of anilines is 3. The van der Waals surface area contributed by atoms with Crippen LogP contribution in [0, 0.1) is 5.41 Å². The highest BCUT2D eigenvalue weighted by Crippen LogP contribution is 2.33. The van der Waals surface area contributed by atoms with E-state index in [4.69, 9.17) is 10.1 Å². The largest absolute Gasteiger partial charge is 0.372 e. The second kappa shape index (κ2) is 11.2. The third-order valence-corrected chi connectivity index (χ3v) is 6.59. The number of para-hydroxylation sites is 1. The first-order valence-corrected chi connectivity index (χ1v) is 12.5. The molecule has 5 rings (SSSR count). The molecule has 186 valence electrons. The molecular weight excluding hydrogens is 460 g/mol. The van der Waals surface area contributed by atoms with Crippen LogP contribution in [0.5, 0.6) is 0 Å². The molecule has 1 unspecified atom stereocenters. The van der Waals surface area contributed by atoms with Crippen molar-refractivity contribution in [1.82, 2.24) is 4.98 Å². The van der Waals surface area contributed by atoms with E-state index in [1.807, 2.05) is 48.5 Å². The number of nitrogens with one attached hydrogen (secondary N) is 2. The van der Waals surface area contributed by atoms with Gasteiger partial charge in [-0.3, -0.25) is 4.79 Å². The fourth-order valence-corrected chi connectivity index (χ4v) is 4.72. The monoisotopic (exact) mass is 490 g/mol. The van der Waals surface area contributed by atoms with Gasteiger partial charge in [-0.15, -0.1) is 0 Å². The number of rotatable bonds is 9. The number of hydrogen-bond donors (Lipinski definition) is 2. The molecule has 0 amide bonds. The summed E-state index contributed by atoms with van der Waals surface area (Å²) in [7, 11) is 0. The number of pyridine rings is 1. The van der Waals surface area contributed by atoms with Gasteiger partial charge >= 0.3 is 0 Å². The Bertz CT molecular complexity index is 1370. The minimum Gasteiger partial charge on any atom is -0.372 e. The maximum Gasteiger partial charge on any atom is 0.168 e. The van der Waals surface area contributed by atoms with E-state index in [0.717, 1.165) is 48.3 Å². The van der Waals surface area contributed by atoms with E-state index < -0.39 is 0 Å². The van der Waals surface area contributed by atoms with Crippen molar-refractivity contribution in [3.05, 3.63) is 108 Å². The average molecular weight is 491 g/mol. The van der Waals surface area contributed by atoms with E-state index in [-0.39, 0.29) is 6.10 Å². The molecular formula is C31H30N4O2. The molecule has 2 heterocycles. The van der Waals surface area contributed by atoms with Crippen LogP contribution in [-0.4, -0.2) is 36.2 Å². The van der Waals surface area contributed by atoms with Gasteiger partial charge in [-0.05, 0) is 60.4 Å². The summed E-state index contributed by atoms with van der Waals surface area (Å²) in [6.07, 6.45) is 1.94. The Hall–Kier alpha value is -4.29. The van der Waals surface area contributed by atoms with Gasteiger partial charge in [-0.2, -0.15) is 0 Å². The van der Waals surface area contributed by atoms with Crippen molar-refractivity contribution >= 4 is 29.2 Å². The molecule has 2 N–H and O–H groups in total. The number of aldehydes is 1. The number of carbonyl (C=O) groups excluding carboxylic acids is 1. The van der Waals surface area contributed by atoms with Gasteiger partial charge in [-0.1, -0.05) is 60.7 Å². The lowest BCUT2D eigenvalue weighted by Gasteiger charge is -2.20. The molecule has 4 aromatic rings. The summed E-state index contributed by atoms with van der Waals surface area (Å²) in [5.41, 5.74) is 6.28. The number of nitrogens with zero attached hydrogens (tertiary/aromatic N) is 2. The molecule has 6 heteroatoms. The van der Waals surface area contributed by atoms with Crippen LogP contribution in [0.4, 0.5) is 17.2 Å². The van der Waals surface area contributed by atoms with Crippen molar-refractivity contribution in [3.63, 3.8) is 0 Å². The van der Waals surface area contributed by atoms with E-state index in [0.29, 0.717) is 29.4 Å². The maximum absolute atomic E-state index is 11.7. The van der Waals surface area contributed by atoms with Crippen LogP contribution in [0.2, 0.25) is 0 Å². The highest BCUT2D eigenvalue weighted by atomic mass is 16.5. The van der Waals surface area contributed by atoms with Gasteiger partial charge in [0.2, 0.25) is 0 Å². The third kappa shape index (κ3) is 5.76. The van der Waals surface area contributed by atoms with Crippen LogP contribution in [-0.2, 0) is 11.3 Å². The Morgan fingerprint density at radius 3 is 2.43 bits per heavy atom. The van der Waals surface area contributed by atoms with Crippen molar-refractivity contribution in [2.75, 3.05) is 23.3 Å². The highest BCUT2D eigenvalue weighted by Gasteiger charge is 2.24. The zero-order valence-corrected chi connectivity index (χ0v) is 20.9.